The molecule has 1 atom stereocenters. The average molecular weight is 371 g/mol. The molecule has 0 aromatic carbocycles. The van der Waals surface area contributed by atoms with E-state index < -0.39 is 0 Å². The molecular weight excluding hydrogens is 340 g/mol. The molecule has 7 nitrogen and oxygen atoms in total. The predicted octanol–water partition coefficient (Wildman–Crippen LogP) is 2.54. The van der Waals surface area contributed by atoms with Crippen LogP contribution in [0.25, 0.3) is 0 Å². The van der Waals surface area contributed by atoms with Crippen LogP contribution in [-0.4, -0.2) is 48.4 Å². The summed E-state index contributed by atoms with van der Waals surface area (Å²) >= 11 is 0. The van der Waals surface area contributed by atoms with E-state index in [0.29, 0.717) is 12.5 Å². The number of aromatic nitrogens is 5. The largest absolute Gasteiger partial charge is 0.340 e. The van der Waals surface area contributed by atoms with E-state index in [2.05, 4.69) is 33.7 Å². The SMILES string of the molecule is Cc1cc(C)n(CC(=O)N2CC(c3nncn3CC(C)C)C3(CCC3)C2)n1. The molecule has 1 amide bonds. The number of hydrogen-bond donors (Lipinski definition) is 0. The molecule has 4 rings (SSSR count). The van der Waals surface area contributed by atoms with Gasteiger partial charge in [-0.05, 0) is 44.1 Å². The second kappa shape index (κ2) is 6.77. The zero-order valence-electron chi connectivity index (χ0n) is 16.9. The Hall–Kier alpha value is -2.18. The summed E-state index contributed by atoms with van der Waals surface area (Å²) < 4.78 is 4.02. The third kappa shape index (κ3) is 3.28. The third-order valence-corrected chi connectivity index (χ3v) is 6.26. The summed E-state index contributed by atoms with van der Waals surface area (Å²) in [5.74, 6) is 2.05. The third-order valence-electron chi connectivity index (χ3n) is 6.26. The van der Waals surface area contributed by atoms with Crippen molar-refractivity contribution in [3.8, 4) is 0 Å². The van der Waals surface area contributed by atoms with E-state index in [0.717, 1.165) is 36.8 Å². The van der Waals surface area contributed by atoms with Crippen molar-refractivity contribution in [2.24, 2.45) is 11.3 Å². The highest BCUT2D eigenvalue weighted by Crippen LogP contribution is 2.55. The van der Waals surface area contributed by atoms with E-state index in [9.17, 15) is 4.79 Å². The first-order valence-corrected chi connectivity index (χ1v) is 10.0. The Labute approximate surface area is 160 Å². The number of likely N-dealkylation sites (tertiary alicyclic amines) is 1. The van der Waals surface area contributed by atoms with Crippen LogP contribution in [0.5, 0.6) is 0 Å². The summed E-state index contributed by atoms with van der Waals surface area (Å²) in [6.45, 7) is 11.2. The summed E-state index contributed by atoms with van der Waals surface area (Å²) in [7, 11) is 0. The molecule has 1 aliphatic carbocycles. The lowest BCUT2D eigenvalue weighted by Crippen LogP contribution is -2.39. The van der Waals surface area contributed by atoms with Gasteiger partial charge in [-0.3, -0.25) is 9.48 Å². The van der Waals surface area contributed by atoms with Gasteiger partial charge in [0.1, 0.15) is 18.7 Å². The van der Waals surface area contributed by atoms with Crippen molar-refractivity contribution in [2.75, 3.05) is 13.1 Å². The summed E-state index contributed by atoms with van der Waals surface area (Å²) in [5, 5.41) is 13.1. The first kappa shape index (κ1) is 18.2. The van der Waals surface area contributed by atoms with Gasteiger partial charge >= 0.3 is 0 Å². The number of aryl methyl sites for hydroxylation is 2. The summed E-state index contributed by atoms with van der Waals surface area (Å²) in [6.07, 6.45) is 5.45. The van der Waals surface area contributed by atoms with Crippen molar-refractivity contribution in [2.45, 2.75) is 66.0 Å². The molecule has 1 unspecified atom stereocenters. The number of carbonyl (C=O) groups excluding carboxylic acids is 1. The number of nitrogens with zero attached hydrogens (tertiary/aromatic N) is 6. The van der Waals surface area contributed by atoms with Crippen LogP contribution in [0.2, 0.25) is 0 Å². The first-order chi connectivity index (χ1) is 12.9. The van der Waals surface area contributed by atoms with Crippen molar-refractivity contribution in [3.63, 3.8) is 0 Å². The van der Waals surface area contributed by atoms with Gasteiger partial charge in [0, 0.05) is 31.2 Å². The predicted molar refractivity (Wildman–Crippen MR) is 102 cm³/mol. The molecule has 2 fully saturated rings. The lowest BCUT2D eigenvalue weighted by Gasteiger charge is -2.42. The maximum Gasteiger partial charge on any atom is 0.244 e. The van der Waals surface area contributed by atoms with E-state index in [4.69, 9.17) is 0 Å². The molecule has 1 saturated carbocycles. The molecule has 2 aromatic rings. The molecule has 7 heteroatoms. The Morgan fingerprint density at radius 3 is 2.70 bits per heavy atom. The van der Waals surface area contributed by atoms with Crippen molar-refractivity contribution in [3.05, 3.63) is 29.6 Å². The van der Waals surface area contributed by atoms with Crippen molar-refractivity contribution in [1.82, 2.24) is 29.4 Å². The summed E-state index contributed by atoms with van der Waals surface area (Å²) in [5.41, 5.74) is 2.18. The normalized spacial score (nSPS) is 21.2. The Morgan fingerprint density at radius 1 is 1.33 bits per heavy atom. The Morgan fingerprint density at radius 2 is 2.11 bits per heavy atom. The molecule has 3 heterocycles. The Balaban J connectivity index is 1.54. The first-order valence-electron chi connectivity index (χ1n) is 10.0. The molecule has 1 saturated heterocycles. The zero-order valence-corrected chi connectivity index (χ0v) is 16.9. The molecule has 0 radical (unpaired) electrons. The fourth-order valence-corrected chi connectivity index (χ4v) is 4.78. The fraction of sp³-hybridized carbons (Fsp3) is 0.700. The van der Waals surface area contributed by atoms with E-state index in [-0.39, 0.29) is 17.2 Å². The van der Waals surface area contributed by atoms with E-state index in [1.807, 2.05) is 35.8 Å². The van der Waals surface area contributed by atoms with Crippen molar-refractivity contribution in [1.29, 1.82) is 0 Å². The van der Waals surface area contributed by atoms with Crippen LogP contribution in [0.15, 0.2) is 12.4 Å². The molecule has 1 spiro atoms. The minimum atomic E-state index is 0.157. The van der Waals surface area contributed by atoms with Gasteiger partial charge in [-0.25, -0.2) is 0 Å². The van der Waals surface area contributed by atoms with Crippen LogP contribution in [0.4, 0.5) is 0 Å². The van der Waals surface area contributed by atoms with Crippen LogP contribution in [0.3, 0.4) is 0 Å². The maximum atomic E-state index is 13.0. The van der Waals surface area contributed by atoms with E-state index in [1.54, 1.807) is 0 Å². The highest BCUT2D eigenvalue weighted by molar-refractivity contribution is 5.76. The zero-order chi connectivity index (χ0) is 19.2. The second-order valence-corrected chi connectivity index (χ2v) is 8.86. The number of hydrogen-bond acceptors (Lipinski definition) is 4. The van der Waals surface area contributed by atoms with Crippen LogP contribution in [-0.2, 0) is 17.9 Å². The Bertz CT molecular complexity index is 831. The second-order valence-electron chi connectivity index (χ2n) is 8.86. The smallest absolute Gasteiger partial charge is 0.244 e. The number of carbonyl (C=O) groups is 1. The van der Waals surface area contributed by atoms with Crippen LogP contribution in [0.1, 0.15) is 56.2 Å². The number of amides is 1. The highest BCUT2D eigenvalue weighted by atomic mass is 16.2. The minimum absolute atomic E-state index is 0.157. The van der Waals surface area contributed by atoms with Crippen LogP contribution < -0.4 is 0 Å². The van der Waals surface area contributed by atoms with Gasteiger partial charge in [0.25, 0.3) is 0 Å². The fourth-order valence-electron chi connectivity index (χ4n) is 4.78. The van der Waals surface area contributed by atoms with Gasteiger partial charge < -0.3 is 9.47 Å². The number of rotatable bonds is 5. The topological polar surface area (TPSA) is 68.8 Å². The molecule has 2 aromatic heterocycles. The summed E-state index contributed by atoms with van der Waals surface area (Å²) in [6, 6.07) is 2.02. The summed E-state index contributed by atoms with van der Waals surface area (Å²) in [4.78, 5) is 15.0. The molecule has 146 valence electrons. The van der Waals surface area contributed by atoms with Crippen molar-refractivity contribution < 1.29 is 4.79 Å². The van der Waals surface area contributed by atoms with Crippen molar-refractivity contribution >= 4 is 5.91 Å². The van der Waals surface area contributed by atoms with E-state index >= 15 is 0 Å². The standard InChI is InChI=1S/C20H30N6O/c1-14(2)9-25-13-21-22-19(25)17-10-24(12-20(17)6-5-7-20)18(27)11-26-16(4)8-15(3)23-26/h8,13-14,17H,5-7,9-12H2,1-4H3. The lowest BCUT2D eigenvalue weighted by atomic mass is 9.62. The van der Waals surface area contributed by atoms with Gasteiger partial charge in [0.15, 0.2) is 0 Å². The van der Waals surface area contributed by atoms with Crippen LogP contribution in [0, 0.1) is 25.2 Å². The van der Waals surface area contributed by atoms with E-state index in [1.165, 1.54) is 19.3 Å². The van der Waals surface area contributed by atoms with Crippen LogP contribution >= 0.6 is 0 Å². The monoisotopic (exact) mass is 370 g/mol. The molecular formula is C20H30N6O. The molecule has 27 heavy (non-hydrogen) atoms. The van der Waals surface area contributed by atoms with Gasteiger partial charge in [-0.1, -0.05) is 20.3 Å². The average Bonchev–Trinajstić information content (AvgIpc) is 3.23. The quantitative estimate of drug-likeness (QED) is 0.811. The molecule has 1 aliphatic heterocycles. The maximum absolute atomic E-state index is 13.0. The Kier molecular flexibility index (Phi) is 4.56. The highest BCUT2D eigenvalue weighted by Gasteiger charge is 2.53. The molecule has 2 aliphatic rings. The van der Waals surface area contributed by atoms with Gasteiger partial charge in [-0.2, -0.15) is 5.10 Å². The minimum Gasteiger partial charge on any atom is -0.340 e. The molecule has 0 bridgehead atoms. The lowest BCUT2D eigenvalue weighted by molar-refractivity contribution is -0.131. The van der Waals surface area contributed by atoms with Gasteiger partial charge in [0.05, 0.1) is 5.69 Å². The molecule has 0 N–H and O–H groups in total. The van der Waals surface area contributed by atoms with Gasteiger partial charge in [-0.15, -0.1) is 10.2 Å². The van der Waals surface area contributed by atoms with Gasteiger partial charge in [0.2, 0.25) is 5.91 Å².